The molecule has 1 rings (SSSR count). The number of benzene rings is 1. The molecular formula is C13H20FNO3. The van der Waals surface area contributed by atoms with Crippen molar-refractivity contribution in [2.45, 2.75) is 19.6 Å². The van der Waals surface area contributed by atoms with Crippen LogP contribution in [0.5, 0.6) is 5.75 Å². The van der Waals surface area contributed by atoms with Crippen molar-refractivity contribution >= 4 is 0 Å². The first-order valence-electron chi connectivity index (χ1n) is 5.95. The van der Waals surface area contributed by atoms with E-state index in [4.69, 9.17) is 19.9 Å². The van der Waals surface area contributed by atoms with Crippen LogP contribution in [0.1, 0.15) is 19.4 Å². The van der Waals surface area contributed by atoms with Gasteiger partial charge in [0, 0.05) is 18.8 Å². The van der Waals surface area contributed by atoms with Crippen LogP contribution in [0.25, 0.3) is 0 Å². The van der Waals surface area contributed by atoms with Crippen LogP contribution in [-0.4, -0.2) is 26.9 Å². The molecule has 0 saturated heterocycles. The van der Waals surface area contributed by atoms with Crippen molar-refractivity contribution in [3.63, 3.8) is 0 Å². The topological polar surface area (TPSA) is 53.7 Å². The predicted octanol–water partition coefficient (Wildman–Crippen LogP) is 2.02. The van der Waals surface area contributed by atoms with Gasteiger partial charge in [0.1, 0.15) is 0 Å². The zero-order valence-electron chi connectivity index (χ0n) is 11.0. The first-order valence-corrected chi connectivity index (χ1v) is 5.95. The molecule has 0 aliphatic heterocycles. The minimum absolute atomic E-state index is 0.112. The zero-order chi connectivity index (χ0) is 13.6. The van der Waals surface area contributed by atoms with Crippen molar-refractivity contribution in [3.8, 4) is 5.75 Å². The van der Waals surface area contributed by atoms with E-state index in [0.29, 0.717) is 18.8 Å². The van der Waals surface area contributed by atoms with Gasteiger partial charge in [-0.25, -0.2) is 4.39 Å². The van der Waals surface area contributed by atoms with E-state index in [-0.39, 0.29) is 12.3 Å². The van der Waals surface area contributed by atoms with Crippen LogP contribution in [0, 0.1) is 5.82 Å². The van der Waals surface area contributed by atoms with Gasteiger partial charge in [-0.05, 0) is 32.0 Å². The lowest BCUT2D eigenvalue weighted by molar-refractivity contribution is -0.235. The highest BCUT2D eigenvalue weighted by molar-refractivity contribution is 5.32. The molecule has 1 aromatic rings. The molecule has 0 aliphatic rings. The van der Waals surface area contributed by atoms with Gasteiger partial charge >= 0.3 is 0 Å². The van der Waals surface area contributed by atoms with Crippen LogP contribution in [0.2, 0.25) is 0 Å². The summed E-state index contributed by atoms with van der Waals surface area (Å²) in [7, 11) is 1.42. The molecule has 5 heteroatoms. The van der Waals surface area contributed by atoms with E-state index in [2.05, 4.69) is 0 Å². The standard InChI is InChI=1S/C13H20FNO3/c1-4-17-13(9-15,18-5-2)10-6-7-12(16-3)11(14)8-10/h6-8H,4-5,9,15H2,1-3H3. The summed E-state index contributed by atoms with van der Waals surface area (Å²) in [6.45, 7) is 4.63. The van der Waals surface area contributed by atoms with Crippen molar-refractivity contribution in [2.24, 2.45) is 5.73 Å². The van der Waals surface area contributed by atoms with Crippen molar-refractivity contribution in [2.75, 3.05) is 26.9 Å². The Kier molecular flexibility index (Phi) is 5.53. The van der Waals surface area contributed by atoms with Gasteiger partial charge in [-0.1, -0.05) is 0 Å². The Morgan fingerprint density at radius 3 is 2.22 bits per heavy atom. The Hall–Kier alpha value is -1.17. The monoisotopic (exact) mass is 257 g/mol. The Morgan fingerprint density at radius 2 is 1.83 bits per heavy atom. The second-order valence-electron chi connectivity index (χ2n) is 3.67. The fourth-order valence-electron chi connectivity index (χ4n) is 1.81. The third-order valence-corrected chi connectivity index (χ3v) is 2.62. The van der Waals surface area contributed by atoms with Crippen molar-refractivity contribution in [3.05, 3.63) is 29.6 Å². The van der Waals surface area contributed by atoms with Gasteiger partial charge in [-0.2, -0.15) is 0 Å². The van der Waals surface area contributed by atoms with Crippen molar-refractivity contribution in [1.82, 2.24) is 0 Å². The molecule has 0 spiro atoms. The second kappa shape index (κ2) is 6.68. The maximum Gasteiger partial charge on any atom is 0.207 e. The van der Waals surface area contributed by atoms with Gasteiger partial charge in [0.05, 0.1) is 13.7 Å². The van der Waals surface area contributed by atoms with Crippen molar-refractivity contribution < 1.29 is 18.6 Å². The lowest BCUT2D eigenvalue weighted by Crippen LogP contribution is -2.41. The Balaban J connectivity index is 3.15. The van der Waals surface area contributed by atoms with Crippen LogP contribution in [0.15, 0.2) is 18.2 Å². The fourth-order valence-corrected chi connectivity index (χ4v) is 1.81. The molecule has 0 unspecified atom stereocenters. The third kappa shape index (κ3) is 2.98. The number of methoxy groups -OCH3 is 1. The number of halogens is 1. The quantitative estimate of drug-likeness (QED) is 0.759. The van der Waals surface area contributed by atoms with Gasteiger partial charge < -0.3 is 19.9 Å². The summed E-state index contributed by atoms with van der Waals surface area (Å²) in [6, 6.07) is 4.56. The summed E-state index contributed by atoms with van der Waals surface area (Å²) in [4.78, 5) is 0. The zero-order valence-corrected chi connectivity index (χ0v) is 11.0. The highest BCUT2D eigenvalue weighted by Crippen LogP contribution is 2.29. The van der Waals surface area contributed by atoms with E-state index in [1.807, 2.05) is 13.8 Å². The summed E-state index contributed by atoms with van der Waals surface area (Å²) in [5.74, 6) is -1.39. The Labute approximate surface area is 107 Å². The molecule has 0 amide bonds. The first kappa shape index (κ1) is 14.9. The smallest absolute Gasteiger partial charge is 0.207 e. The SMILES string of the molecule is CCOC(CN)(OCC)c1ccc(OC)c(F)c1. The maximum absolute atomic E-state index is 13.7. The lowest BCUT2D eigenvalue weighted by atomic mass is 10.0. The minimum Gasteiger partial charge on any atom is -0.494 e. The normalized spacial score (nSPS) is 11.6. The third-order valence-electron chi connectivity index (χ3n) is 2.62. The summed E-state index contributed by atoms with van der Waals surface area (Å²) < 4.78 is 29.8. The van der Waals surface area contributed by atoms with Gasteiger partial charge in [0.25, 0.3) is 0 Å². The van der Waals surface area contributed by atoms with E-state index < -0.39 is 11.6 Å². The largest absolute Gasteiger partial charge is 0.494 e. The molecule has 0 aromatic heterocycles. The highest BCUT2D eigenvalue weighted by Gasteiger charge is 2.33. The molecule has 102 valence electrons. The number of nitrogens with two attached hydrogens (primary N) is 1. The van der Waals surface area contributed by atoms with E-state index in [1.165, 1.54) is 19.2 Å². The van der Waals surface area contributed by atoms with Crippen LogP contribution >= 0.6 is 0 Å². The average Bonchev–Trinajstić information content (AvgIpc) is 2.38. The van der Waals surface area contributed by atoms with Gasteiger partial charge in [0.15, 0.2) is 11.6 Å². The molecule has 0 atom stereocenters. The molecule has 2 N–H and O–H groups in total. The average molecular weight is 257 g/mol. The molecular weight excluding hydrogens is 237 g/mol. The molecule has 18 heavy (non-hydrogen) atoms. The lowest BCUT2D eigenvalue weighted by Gasteiger charge is -2.32. The van der Waals surface area contributed by atoms with Crippen LogP contribution < -0.4 is 10.5 Å². The molecule has 1 aromatic carbocycles. The predicted molar refractivity (Wildman–Crippen MR) is 66.9 cm³/mol. The molecule has 0 fully saturated rings. The van der Waals surface area contributed by atoms with Crippen LogP contribution in [0.3, 0.4) is 0 Å². The van der Waals surface area contributed by atoms with Crippen LogP contribution in [0.4, 0.5) is 4.39 Å². The molecule has 0 saturated carbocycles. The summed E-state index contributed by atoms with van der Waals surface area (Å²) in [5.41, 5.74) is 6.28. The fraction of sp³-hybridized carbons (Fsp3) is 0.538. The van der Waals surface area contributed by atoms with Gasteiger partial charge in [0.2, 0.25) is 5.79 Å². The number of rotatable bonds is 7. The Bertz CT molecular complexity index is 378. The molecule has 0 bridgehead atoms. The summed E-state index contributed by atoms with van der Waals surface area (Å²) in [5, 5.41) is 0. The highest BCUT2D eigenvalue weighted by atomic mass is 19.1. The summed E-state index contributed by atoms with van der Waals surface area (Å²) >= 11 is 0. The van der Waals surface area contributed by atoms with E-state index in [0.717, 1.165) is 0 Å². The van der Waals surface area contributed by atoms with Gasteiger partial charge in [-0.15, -0.1) is 0 Å². The van der Waals surface area contributed by atoms with E-state index in [9.17, 15) is 4.39 Å². The summed E-state index contributed by atoms with van der Waals surface area (Å²) in [6.07, 6.45) is 0. The van der Waals surface area contributed by atoms with Crippen LogP contribution in [-0.2, 0) is 15.3 Å². The molecule has 0 radical (unpaired) electrons. The van der Waals surface area contributed by atoms with Gasteiger partial charge in [-0.3, -0.25) is 0 Å². The van der Waals surface area contributed by atoms with E-state index >= 15 is 0 Å². The first-order chi connectivity index (χ1) is 8.63. The molecule has 0 aliphatic carbocycles. The maximum atomic E-state index is 13.7. The number of hydrogen-bond donors (Lipinski definition) is 1. The number of hydrogen-bond acceptors (Lipinski definition) is 4. The van der Waals surface area contributed by atoms with Crippen molar-refractivity contribution in [1.29, 1.82) is 0 Å². The second-order valence-corrected chi connectivity index (χ2v) is 3.67. The molecule has 0 heterocycles. The minimum atomic E-state index is -1.10. The number of ether oxygens (including phenoxy) is 3. The Morgan fingerprint density at radius 1 is 1.22 bits per heavy atom. The molecule has 4 nitrogen and oxygen atoms in total. The van der Waals surface area contributed by atoms with E-state index in [1.54, 1.807) is 6.07 Å².